The lowest BCUT2D eigenvalue weighted by Gasteiger charge is -2.11. The maximum Gasteiger partial charge on any atom is 0.341 e. The number of phenolic OH excluding ortho intramolecular Hbond substituents is 1. The number of rotatable bonds is 5. The van der Waals surface area contributed by atoms with Gasteiger partial charge < -0.3 is 15.2 Å². The van der Waals surface area contributed by atoms with Gasteiger partial charge in [-0.3, -0.25) is 0 Å². The number of anilines is 1. The number of ether oxygens (including phenoxy) is 1. The molecule has 114 valence electrons. The van der Waals surface area contributed by atoms with Crippen LogP contribution in [0.1, 0.15) is 23.2 Å². The Morgan fingerprint density at radius 2 is 2.18 bits per heavy atom. The van der Waals surface area contributed by atoms with Gasteiger partial charge in [-0.1, -0.05) is 12.1 Å². The van der Waals surface area contributed by atoms with Crippen LogP contribution < -0.4 is 5.32 Å². The van der Waals surface area contributed by atoms with Crippen LogP contribution in [-0.2, 0) is 4.74 Å². The maximum atomic E-state index is 11.9. The number of carbonyl (C=O) groups is 1. The number of pyridine rings is 1. The number of methoxy groups -OCH3 is 1. The molecule has 0 spiro atoms. The number of nitrogens with one attached hydrogen (secondary N) is 1. The van der Waals surface area contributed by atoms with E-state index in [0.29, 0.717) is 23.0 Å². The van der Waals surface area contributed by atoms with Gasteiger partial charge in [0.25, 0.3) is 0 Å². The fraction of sp³-hybridized carbons (Fsp3) is 0.294. The first-order valence-electron chi connectivity index (χ1n) is 7.30. The van der Waals surface area contributed by atoms with Gasteiger partial charge >= 0.3 is 5.97 Å². The number of benzene rings is 1. The van der Waals surface area contributed by atoms with Crippen molar-refractivity contribution in [3.8, 4) is 17.0 Å². The van der Waals surface area contributed by atoms with Crippen molar-refractivity contribution < 1.29 is 14.6 Å². The van der Waals surface area contributed by atoms with Crippen LogP contribution in [0.3, 0.4) is 0 Å². The molecule has 1 fully saturated rings. The molecule has 0 atom stereocenters. The highest BCUT2D eigenvalue weighted by Gasteiger charge is 2.22. The van der Waals surface area contributed by atoms with Crippen molar-refractivity contribution in [3.05, 3.63) is 42.0 Å². The van der Waals surface area contributed by atoms with Crippen molar-refractivity contribution in [2.24, 2.45) is 5.92 Å². The number of carbonyl (C=O) groups excluding carboxylic acids is 1. The Morgan fingerprint density at radius 3 is 2.86 bits per heavy atom. The molecule has 1 heterocycles. The van der Waals surface area contributed by atoms with Crippen molar-refractivity contribution in [1.82, 2.24) is 4.98 Å². The number of esters is 1. The van der Waals surface area contributed by atoms with Gasteiger partial charge in [0.05, 0.1) is 12.8 Å². The molecule has 3 rings (SSSR count). The highest BCUT2D eigenvalue weighted by Crippen LogP contribution is 2.30. The number of aromatic nitrogens is 1. The number of nitrogens with zero attached hydrogens (tertiary/aromatic N) is 1. The van der Waals surface area contributed by atoms with Gasteiger partial charge in [-0.25, -0.2) is 9.78 Å². The van der Waals surface area contributed by atoms with E-state index in [4.69, 9.17) is 4.74 Å². The Bertz CT molecular complexity index is 696. The molecular weight excluding hydrogens is 280 g/mol. The Kier molecular flexibility index (Phi) is 3.96. The molecule has 1 aromatic heterocycles. The molecule has 0 bridgehead atoms. The average Bonchev–Trinajstić information content (AvgIpc) is 3.36. The zero-order chi connectivity index (χ0) is 15.5. The SMILES string of the molecule is COC(=O)c1ccc(-c2cccc(O)c2)nc1NCC1CC1. The second-order valence-corrected chi connectivity index (χ2v) is 5.46. The number of phenols is 1. The van der Waals surface area contributed by atoms with E-state index in [-0.39, 0.29) is 5.75 Å². The van der Waals surface area contributed by atoms with E-state index in [1.54, 1.807) is 30.3 Å². The third kappa shape index (κ3) is 3.19. The normalized spacial score (nSPS) is 13.7. The minimum absolute atomic E-state index is 0.184. The lowest BCUT2D eigenvalue weighted by molar-refractivity contribution is 0.0601. The molecule has 0 amide bonds. The third-order valence-corrected chi connectivity index (χ3v) is 3.70. The van der Waals surface area contributed by atoms with Crippen molar-refractivity contribution in [2.45, 2.75) is 12.8 Å². The van der Waals surface area contributed by atoms with Crippen LogP contribution in [0.4, 0.5) is 5.82 Å². The van der Waals surface area contributed by atoms with E-state index in [2.05, 4.69) is 10.3 Å². The summed E-state index contributed by atoms with van der Waals surface area (Å²) in [7, 11) is 1.36. The van der Waals surface area contributed by atoms with Gasteiger partial charge in [0, 0.05) is 12.1 Å². The first-order chi connectivity index (χ1) is 10.7. The zero-order valence-corrected chi connectivity index (χ0v) is 12.4. The molecule has 1 aromatic carbocycles. The topological polar surface area (TPSA) is 71.5 Å². The first kappa shape index (κ1) is 14.4. The fourth-order valence-corrected chi connectivity index (χ4v) is 2.26. The predicted octanol–water partition coefficient (Wildman–Crippen LogP) is 3.06. The first-order valence-corrected chi connectivity index (χ1v) is 7.30. The summed E-state index contributed by atoms with van der Waals surface area (Å²) in [6, 6.07) is 10.3. The average molecular weight is 298 g/mol. The van der Waals surface area contributed by atoms with Crippen LogP contribution >= 0.6 is 0 Å². The van der Waals surface area contributed by atoms with Gasteiger partial charge in [0.15, 0.2) is 0 Å². The predicted molar refractivity (Wildman–Crippen MR) is 83.9 cm³/mol. The molecule has 1 aliphatic rings. The summed E-state index contributed by atoms with van der Waals surface area (Å²) < 4.78 is 4.81. The van der Waals surface area contributed by atoms with Crippen LogP contribution in [0, 0.1) is 5.92 Å². The largest absolute Gasteiger partial charge is 0.508 e. The quantitative estimate of drug-likeness (QED) is 0.830. The second-order valence-electron chi connectivity index (χ2n) is 5.46. The Balaban J connectivity index is 1.94. The van der Waals surface area contributed by atoms with Gasteiger partial charge in [0.2, 0.25) is 0 Å². The van der Waals surface area contributed by atoms with Crippen molar-refractivity contribution >= 4 is 11.8 Å². The Hall–Kier alpha value is -2.56. The highest BCUT2D eigenvalue weighted by atomic mass is 16.5. The lowest BCUT2D eigenvalue weighted by atomic mass is 10.1. The number of hydrogen-bond donors (Lipinski definition) is 2. The molecule has 0 radical (unpaired) electrons. The summed E-state index contributed by atoms with van der Waals surface area (Å²) in [4.78, 5) is 16.4. The molecular formula is C17H18N2O3. The van der Waals surface area contributed by atoms with E-state index < -0.39 is 5.97 Å². The van der Waals surface area contributed by atoms with Crippen molar-refractivity contribution in [3.63, 3.8) is 0 Å². The molecule has 0 aliphatic heterocycles. The highest BCUT2D eigenvalue weighted by molar-refractivity contribution is 5.95. The number of hydrogen-bond acceptors (Lipinski definition) is 5. The summed E-state index contributed by atoms with van der Waals surface area (Å²) in [5.74, 6) is 0.966. The molecule has 0 saturated heterocycles. The van der Waals surface area contributed by atoms with Crippen LogP contribution in [-0.4, -0.2) is 29.7 Å². The molecule has 5 heteroatoms. The van der Waals surface area contributed by atoms with E-state index in [0.717, 1.165) is 12.1 Å². The molecule has 5 nitrogen and oxygen atoms in total. The van der Waals surface area contributed by atoms with E-state index in [1.807, 2.05) is 6.07 Å². The molecule has 22 heavy (non-hydrogen) atoms. The molecule has 1 aliphatic carbocycles. The smallest absolute Gasteiger partial charge is 0.341 e. The monoisotopic (exact) mass is 298 g/mol. The van der Waals surface area contributed by atoms with Gasteiger partial charge in [-0.2, -0.15) is 0 Å². The van der Waals surface area contributed by atoms with Crippen LogP contribution in [0.2, 0.25) is 0 Å². The number of aromatic hydroxyl groups is 1. The van der Waals surface area contributed by atoms with Crippen molar-refractivity contribution in [1.29, 1.82) is 0 Å². The molecule has 0 unspecified atom stereocenters. The van der Waals surface area contributed by atoms with Gasteiger partial charge in [0.1, 0.15) is 17.1 Å². The maximum absolute atomic E-state index is 11.9. The molecule has 1 saturated carbocycles. The molecule has 2 aromatic rings. The summed E-state index contributed by atoms with van der Waals surface area (Å²) in [5.41, 5.74) is 1.92. The standard InChI is InChI=1S/C17H18N2O3/c1-22-17(21)14-7-8-15(12-3-2-4-13(20)9-12)19-16(14)18-10-11-5-6-11/h2-4,7-9,11,20H,5-6,10H2,1H3,(H,18,19). The van der Waals surface area contributed by atoms with Crippen LogP contribution in [0.15, 0.2) is 36.4 Å². The van der Waals surface area contributed by atoms with Crippen LogP contribution in [0.5, 0.6) is 5.75 Å². The summed E-state index contributed by atoms with van der Waals surface area (Å²) in [5, 5.41) is 12.8. The van der Waals surface area contributed by atoms with Gasteiger partial charge in [-0.15, -0.1) is 0 Å². The third-order valence-electron chi connectivity index (χ3n) is 3.70. The summed E-state index contributed by atoms with van der Waals surface area (Å²) >= 11 is 0. The lowest BCUT2D eigenvalue weighted by Crippen LogP contribution is -2.12. The minimum Gasteiger partial charge on any atom is -0.508 e. The zero-order valence-electron chi connectivity index (χ0n) is 12.4. The van der Waals surface area contributed by atoms with E-state index >= 15 is 0 Å². The summed E-state index contributed by atoms with van der Waals surface area (Å²) in [6.45, 7) is 0.806. The second kappa shape index (κ2) is 6.05. The minimum atomic E-state index is -0.409. The Labute approximate surface area is 129 Å². The van der Waals surface area contributed by atoms with E-state index in [1.165, 1.54) is 20.0 Å². The Morgan fingerprint density at radius 1 is 1.36 bits per heavy atom. The van der Waals surface area contributed by atoms with Gasteiger partial charge in [-0.05, 0) is 43.0 Å². The van der Waals surface area contributed by atoms with Crippen molar-refractivity contribution in [2.75, 3.05) is 19.0 Å². The fourth-order valence-electron chi connectivity index (χ4n) is 2.26. The summed E-state index contributed by atoms with van der Waals surface area (Å²) in [6.07, 6.45) is 2.43. The molecule has 2 N–H and O–H groups in total. The van der Waals surface area contributed by atoms with E-state index in [9.17, 15) is 9.90 Å². The van der Waals surface area contributed by atoms with Crippen LogP contribution in [0.25, 0.3) is 11.3 Å².